The maximum atomic E-state index is 13.3. The van der Waals surface area contributed by atoms with Crippen molar-refractivity contribution in [2.75, 3.05) is 19.6 Å². The number of hydrogen-bond donors (Lipinski definition) is 0. The molecular formula is C18H22F3IN2O3. The summed E-state index contributed by atoms with van der Waals surface area (Å²) in [6, 6.07) is 3.22. The SMILES string of the molecule is C[C@H]1CN(C(=O)OC(C)(C)C)CCN1C(=O)c1ccc(I)cc1C(F)(F)F. The van der Waals surface area contributed by atoms with Crippen LogP contribution in [0.1, 0.15) is 43.6 Å². The summed E-state index contributed by atoms with van der Waals surface area (Å²) in [4.78, 5) is 27.8. The monoisotopic (exact) mass is 498 g/mol. The van der Waals surface area contributed by atoms with E-state index in [0.29, 0.717) is 3.57 Å². The van der Waals surface area contributed by atoms with Gasteiger partial charge in [-0.2, -0.15) is 13.2 Å². The molecule has 1 aliphatic rings. The largest absolute Gasteiger partial charge is 0.444 e. The molecule has 5 nitrogen and oxygen atoms in total. The molecule has 1 aliphatic heterocycles. The third-order valence-corrected chi connectivity index (χ3v) is 4.73. The number of nitrogens with zero attached hydrogens (tertiary/aromatic N) is 2. The molecule has 0 aliphatic carbocycles. The van der Waals surface area contributed by atoms with Crippen LogP contribution < -0.4 is 0 Å². The molecular weight excluding hydrogens is 476 g/mol. The van der Waals surface area contributed by atoms with E-state index >= 15 is 0 Å². The Morgan fingerprint density at radius 1 is 1.19 bits per heavy atom. The lowest BCUT2D eigenvalue weighted by Crippen LogP contribution is -2.56. The fourth-order valence-corrected chi connectivity index (χ4v) is 3.34. The Balaban J connectivity index is 2.17. The molecule has 0 radical (unpaired) electrons. The second kappa shape index (κ2) is 7.84. The lowest BCUT2D eigenvalue weighted by Gasteiger charge is -2.40. The summed E-state index contributed by atoms with van der Waals surface area (Å²) in [5, 5.41) is 0. The summed E-state index contributed by atoms with van der Waals surface area (Å²) in [6.07, 6.45) is -5.11. The van der Waals surface area contributed by atoms with E-state index in [9.17, 15) is 22.8 Å². The van der Waals surface area contributed by atoms with Crippen LogP contribution in [0.25, 0.3) is 0 Å². The van der Waals surface area contributed by atoms with Crippen LogP contribution >= 0.6 is 22.6 Å². The molecule has 0 saturated carbocycles. The molecule has 0 spiro atoms. The van der Waals surface area contributed by atoms with Crippen molar-refractivity contribution in [3.05, 3.63) is 32.9 Å². The van der Waals surface area contributed by atoms with Crippen LogP contribution in [-0.2, 0) is 10.9 Å². The van der Waals surface area contributed by atoms with Crippen LogP contribution in [0.4, 0.5) is 18.0 Å². The lowest BCUT2D eigenvalue weighted by molar-refractivity contribution is -0.138. The maximum absolute atomic E-state index is 13.3. The first-order chi connectivity index (χ1) is 12.3. The highest BCUT2D eigenvalue weighted by Crippen LogP contribution is 2.34. The van der Waals surface area contributed by atoms with E-state index in [1.54, 1.807) is 50.3 Å². The number of ether oxygens (including phenoxy) is 1. The van der Waals surface area contributed by atoms with Gasteiger partial charge in [0.05, 0.1) is 11.1 Å². The van der Waals surface area contributed by atoms with E-state index in [4.69, 9.17) is 4.74 Å². The number of halogens is 4. The minimum Gasteiger partial charge on any atom is -0.444 e. The smallest absolute Gasteiger partial charge is 0.417 e. The molecule has 2 rings (SSSR count). The fourth-order valence-electron chi connectivity index (χ4n) is 2.84. The molecule has 0 aromatic heterocycles. The van der Waals surface area contributed by atoms with Gasteiger partial charge in [-0.05, 0) is 68.5 Å². The first kappa shape index (κ1) is 21.8. The van der Waals surface area contributed by atoms with Crippen LogP contribution in [0.3, 0.4) is 0 Å². The summed E-state index contributed by atoms with van der Waals surface area (Å²) in [5.74, 6) is -0.685. The lowest BCUT2D eigenvalue weighted by atomic mass is 10.0. The van der Waals surface area contributed by atoms with E-state index < -0.39 is 35.4 Å². The molecule has 2 amide bonds. The Bertz CT molecular complexity index is 732. The average Bonchev–Trinajstić information content (AvgIpc) is 2.51. The van der Waals surface area contributed by atoms with Crippen molar-refractivity contribution in [3.8, 4) is 0 Å². The molecule has 150 valence electrons. The second-order valence-corrected chi connectivity index (χ2v) is 8.71. The molecule has 1 fully saturated rings. The third-order valence-electron chi connectivity index (χ3n) is 4.06. The van der Waals surface area contributed by atoms with Crippen molar-refractivity contribution in [2.45, 2.75) is 45.5 Å². The molecule has 0 N–H and O–H groups in total. The van der Waals surface area contributed by atoms with Gasteiger partial charge >= 0.3 is 12.3 Å². The molecule has 1 aromatic rings. The Labute approximate surface area is 170 Å². The number of alkyl halides is 3. The van der Waals surface area contributed by atoms with Crippen LogP contribution in [0.2, 0.25) is 0 Å². The molecule has 1 heterocycles. The summed E-state index contributed by atoms with van der Waals surface area (Å²) in [5.41, 5.74) is -1.96. The van der Waals surface area contributed by atoms with Crippen LogP contribution in [0.5, 0.6) is 0 Å². The van der Waals surface area contributed by atoms with Crippen molar-refractivity contribution in [2.24, 2.45) is 0 Å². The average molecular weight is 498 g/mol. The predicted molar refractivity (Wildman–Crippen MR) is 102 cm³/mol. The molecule has 9 heteroatoms. The Morgan fingerprint density at radius 2 is 1.81 bits per heavy atom. The number of amides is 2. The van der Waals surface area contributed by atoms with Gasteiger partial charge in [-0.1, -0.05) is 0 Å². The zero-order chi connectivity index (χ0) is 20.6. The highest BCUT2D eigenvalue weighted by atomic mass is 127. The van der Waals surface area contributed by atoms with Gasteiger partial charge in [0.2, 0.25) is 0 Å². The van der Waals surface area contributed by atoms with E-state index in [0.717, 1.165) is 6.07 Å². The number of carbonyl (C=O) groups is 2. The van der Waals surface area contributed by atoms with Crippen LogP contribution in [0.15, 0.2) is 18.2 Å². The second-order valence-electron chi connectivity index (χ2n) is 7.46. The number of piperazine rings is 1. The molecule has 0 unspecified atom stereocenters. The zero-order valence-electron chi connectivity index (χ0n) is 15.6. The molecule has 0 bridgehead atoms. The molecule has 27 heavy (non-hydrogen) atoms. The van der Waals surface area contributed by atoms with E-state index in [2.05, 4.69) is 0 Å². The molecule has 1 saturated heterocycles. The molecule has 1 atom stereocenters. The van der Waals surface area contributed by atoms with Crippen molar-refractivity contribution >= 4 is 34.6 Å². The van der Waals surface area contributed by atoms with E-state index in [1.165, 1.54) is 21.9 Å². The van der Waals surface area contributed by atoms with Gasteiger partial charge in [0.1, 0.15) is 5.60 Å². The predicted octanol–water partition coefficient (Wildman–Crippen LogP) is 4.39. The number of rotatable bonds is 1. The van der Waals surface area contributed by atoms with Crippen molar-refractivity contribution < 1.29 is 27.5 Å². The molecule has 1 aromatic carbocycles. The Morgan fingerprint density at radius 3 is 2.33 bits per heavy atom. The normalized spacial score (nSPS) is 18.4. The fraction of sp³-hybridized carbons (Fsp3) is 0.556. The number of carbonyl (C=O) groups excluding carboxylic acids is 2. The highest BCUT2D eigenvalue weighted by Gasteiger charge is 2.38. The first-order valence-electron chi connectivity index (χ1n) is 8.45. The highest BCUT2D eigenvalue weighted by molar-refractivity contribution is 14.1. The van der Waals surface area contributed by atoms with Crippen molar-refractivity contribution in [3.63, 3.8) is 0 Å². The standard InChI is InChI=1S/C18H22F3IN2O3/c1-11-10-23(16(26)27-17(2,3)4)7-8-24(11)15(25)13-6-5-12(22)9-14(13)18(19,20)21/h5-6,9,11H,7-8,10H2,1-4H3/t11-/m0/s1. The van der Waals surface area contributed by atoms with Crippen LogP contribution in [0, 0.1) is 3.57 Å². The van der Waals surface area contributed by atoms with E-state index in [1.807, 2.05) is 0 Å². The van der Waals surface area contributed by atoms with E-state index in [-0.39, 0.29) is 25.2 Å². The quantitative estimate of drug-likeness (QED) is 0.540. The maximum Gasteiger partial charge on any atom is 0.417 e. The van der Waals surface area contributed by atoms with Gasteiger partial charge in [-0.3, -0.25) is 4.79 Å². The van der Waals surface area contributed by atoms with Gasteiger partial charge < -0.3 is 14.5 Å². The van der Waals surface area contributed by atoms with Gasteiger partial charge in [0, 0.05) is 29.2 Å². The minimum atomic E-state index is -4.62. The topological polar surface area (TPSA) is 49.9 Å². The van der Waals surface area contributed by atoms with Crippen molar-refractivity contribution in [1.82, 2.24) is 9.80 Å². The van der Waals surface area contributed by atoms with Gasteiger partial charge in [-0.25, -0.2) is 4.79 Å². The summed E-state index contributed by atoms with van der Waals surface area (Å²) in [6.45, 7) is 7.51. The summed E-state index contributed by atoms with van der Waals surface area (Å²) >= 11 is 1.78. The van der Waals surface area contributed by atoms with Crippen LogP contribution in [-0.4, -0.2) is 53.1 Å². The minimum absolute atomic E-state index is 0.141. The number of hydrogen-bond acceptors (Lipinski definition) is 3. The Kier molecular flexibility index (Phi) is 6.33. The number of benzene rings is 1. The van der Waals surface area contributed by atoms with Gasteiger partial charge in [0.15, 0.2) is 0 Å². The first-order valence-corrected chi connectivity index (χ1v) is 9.53. The summed E-state index contributed by atoms with van der Waals surface area (Å²) < 4.78 is 45.7. The van der Waals surface area contributed by atoms with Gasteiger partial charge in [-0.15, -0.1) is 0 Å². The zero-order valence-corrected chi connectivity index (χ0v) is 17.7. The Hall–Kier alpha value is -1.52. The van der Waals surface area contributed by atoms with Crippen molar-refractivity contribution in [1.29, 1.82) is 0 Å². The summed E-state index contributed by atoms with van der Waals surface area (Å²) in [7, 11) is 0. The van der Waals surface area contributed by atoms with Gasteiger partial charge in [0.25, 0.3) is 5.91 Å². The third kappa shape index (κ3) is 5.49.